The van der Waals surface area contributed by atoms with E-state index in [-0.39, 0.29) is 18.3 Å². The second kappa shape index (κ2) is 7.93. The van der Waals surface area contributed by atoms with E-state index < -0.39 is 18.7 Å². The normalized spacial score (nSPS) is 12.4. The summed E-state index contributed by atoms with van der Waals surface area (Å²) >= 11 is 0. The number of carbonyl (C=O) groups excluding carboxylic acids is 1. The number of aliphatic hydroxyl groups excluding tert-OH is 1. The van der Waals surface area contributed by atoms with Gasteiger partial charge in [-0.25, -0.2) is 4.79 Å². The number of urea groups is 1. The number of halogens is 2. The Morgan fingerprint density at radius 3 is 2.50 bits per heavy atom. The number of alkyl halides is 2. The van der Waals surface area contributed by atoms with Crippen molar-refractivity contribution in [1.29, 1.82) is 0 Å². The van der Waals surface area contributed by atoms with Crippen LogP contribution in [0.4, 0.5) is 19.3 Å². The third-order valence-electron chi connectivity index (χ3n) is 3.00. The smallest absolute Gasteiger partial charge is 0.387 e. The molecule has 0 saturated carbocycles. The van der Waals surface area contributed by atoms with Crippen molar-refractivity contribution in [1.82, 2.24) is 4.90 Å². The molecule has 2 N–H and O–H groups in total. The number of hydrogen-bond acceptors (Lipinski definition) is 3. The quantitative estimate of drug-likeness (QED) is 0.847. The average molecular weight is 316 g/mol. The molecule has 0 aliphatic rings. The van der Waals surface area contributed by atoms with Crippen LogP contribution in [-0.4, -0.2) is 41.3 Å². The minimum absolute atomic E-state index is 0.0134. The largest absolute Gasteiger partial charge is 0.434 e. The first-order valence-electron chi connectivity index (χ1n) is 7.01. The maximum atomic E-state index is 12.3. The standard InChI is InChI=1S/C15H22F2N2O3/c1-9(2)19(8-11(4)20)15(21)18-12-6-5-10(3)13(7-12)22-14(16)17/h5-7,9,11,14,20H,8H2,1-4H3,(H,18,21). The number of carbonyl (C=O) groups is 1. The lowest BCUT2D eigenvalue weighted by Gasteiger charge is -2.28. The highest BCUT2D eigenvalue weighted by Crippen LogP contribution is 2.24. The van der Waals surface area contributed by atoms with Gasteiger partial charge >= 0.3 is 12.6 Å². The fourth-order valence-corrected chi connectivity index (χ4v) is 1.91. The second-order valence-corrected chi connectivity index (χ2v) is 5.38. The van der Waals surface area contributed by atoms with E-state index in [2.05, 4.69) is 10.1 Å². The predicted octanol–water partition coefficient (Wildman–Crippen LogP) is 3.22. The average Bonchev–Trinajstić information content (AvgIpc) is 2.38. The van der Waals surface area contributed by atoms with Crippen LogP contribution in [0.15, 0.2) is 18.2 Å². The van der Waals surface area contributed by atoms with Crippen LogP contribution in [0, 0.1) is 6.92 Å². The number of rotatable bonds is 6. The Hall–Kier alpha value is -1.89. The van der Waals surface area contributed by atoms with Crippen molar-refractivity contribution in [3.63, 3.8) is 0 Å². The summed E-state index contributed by atoms with van der Waals surface area (Å²) in [6.45, 7) is 4.12. The molecular formula is C15H22F2N2O3. The number of anilines is 1. The van der Waals surface area contributed by atoms with E-state index in [1.807, 2.05) is 13.8 Å². The summed E-state index contributed by atoms with van der Waals surface area (Å²) in [5.41, 5.74) is 0.894. The van der Waals surface area contributed by atoms with Gasteiger partial charge in [0.1, 0.15) is 5.75 Å². The van der Waals surface area contributed by atoms with Crippen LogP contribution in [0.1, 0.15) is 26.3 Å². The molecule has 22 heavy (non-hydrogen) atoms. The Balaban J connectivity index is 2.86. The first kappa shape index (κ1) is 18.2. The summed E-state index contributed by atoms with van der Waals surface area (Å²) in [6, 6.07) is 4.01. The summed E-state index contributed by atoms with van der Waals surface area (Å²) < 4.78 is 29.1. The van der Waals surface area contributed by atoms with Gasteiger partial charge in [-0.1, -0.05) is 6.07 Å². The van der Waals surface area contributed by atoms with E-state index in [9.17, 15) is 18.7 Å². The molecule has 1 unspecified atom stereocenters. The van der Waals surface area contributed by atoms with E-state index in [0.717, 1.165) is 0 Å². The minimum atomic E-state index is -2.92. The molecule has 0 spiro atoms. The molecule has 1 rings (SSSR count). The number of aryl methyl sites for hydroxylation is 1. The first-order chi connectivity index (χ1) is 10.2. The van der Waals surface area contributed by atoms with Crippen molar-refractivity contribution in [3.8, 4) is 5.75 Å². The number of benzene rings is 1. The summed E-state index contributed by atoms with van der Waals surface area (Å²) in [5.74, 6) is 0.0134. The van der Waals surface area contributed by atoms with Crippen molar-refractivity contribution in [2.24, 2.45) is 0 Å². The molecule has 2 amide bonds. The van der Waals surface area contributed by atoms with Gasteiger partial charge in [-0.2, -0.15) is 8.78 Å². The van der Waals surface area contributed by atoms with Gasteiger partial charge < -0.3 is 20.1 Å². The highest BCUT2D eigenvalue weighted by Gasteiger charge is 2.19. The molecule has 1 aromatic carbocycles. The minimum Gasteiger partial charge on any atom is -0.434 e. The molecule has 0 heterocycles. The highest BCUT2D eigenvalue weighted by atomic mass is 19.3. The molecule has 0 aliphatic heterocycles. The van der Waals surface area contributed by atoms with E-state index >= 15 is 0 Å². The molecule has 0 saturated heterocycles. The molecule has 0 aliphatic carbocycles. The molecule has 5 nitrogen and oxygen atoms in total. The summed E-state index contributed by atoms with van der Waals surface area (Å²) in [4.78, 5) is 13.7. The lowest BCUT2D eigenvalue weighted by atomic mass is 10.2. The fraction of sp³-hybridized carbons (Fsp3) is 0.533. The number of aliphatic hydroxyl groups is 1. The van der Waals surface area contributed by atoms with Gasteiger partial charge in [0.15, 0.2) is 0 Å². The maximum absolute atomic E-state index is 12.3. The lowest BCUT2D eigenvalue weighted by molar-refractivity contribution is -0.0502. The third kappa shape index (κ3) is 5.48. The Morgan fingerprint density at radius 1 is 1.36 bits per heavy atom. The topological polar surface area (TPSA) is 61.8 Å². The van der Waals surface area contributed by atoms with Gasteiger partial charge in [-0.15, -0.1) is 0 Å². The number of ether oxygens (including phenoxy) is 1. The van der Waals surface area contributed by atoms with E-state index in [1.165, 1.54) is 11.0 Å². The number of amides is 2. The maximum Gasteiger partial charge on any atom is 0.387 e. The van der Waals surface area contributed by atoms with Crippen LogP contribution in [0.2, 0.25) is 0 Å². The summed E-state index contributed by atoms with van der Waals surface area (Å²) in [7, 11) is 0. The summed E-state index contributed by atoms with van der Waals surface area (Å²) in [6.07, 6.45) is -0.663. The lowest BCUT2D eigenvalue weighted by Crippen LogP contribution is -2.43. The number of hydrogen-bond donors (Lipinski definition) is 2. The van der Waals surface area contributed by atoms with Gasteiger partial charge in [0.05, 0.1) is 6.10 Å². The van der Waals surface area contributed by atoms with E-state index in [4.69, 9.17) is 0 Å². The number of nitrogens with one attached hydrogen (secondary N) is 1. The SMILES string of the molecule is Cc1ccc(NC(=O)N(CC(C)O)C(C)C)cc1OC(F)F. The molecule has 0 bridgehead atoms. The van der Waals surface area contributed by atoms with E-state index in [0.29, 0.717) is 11.3 Å². The zero-order chi connectivity index (χ0) is 16.9. The molecule has 0 radical (unpaired) electrons. The monoisotopic (exact) mass is 316 g/mol. The predicted molar refractivity (Wildman–Crippen MR) is 80.4 cm³/mol. The van der Waals surface area contributed by atoms with Crippen LogP contribution in [-0.2, 0) is 0 Å². The molecule has 7 heteroatoms. The zero-order valence-electron chi connectivity index (χ0n) is 13.1. The van der Waals surface area contributed by atoms with Crippen molar-refractivity contribution in [2.45, 2.75) is 46.5 Å². The molecule has 1 aromatic rings. The fourth-order valence-electron chi connectivity index (χ4n) is 1.91. The Labute approximate surface area is 128 Å². The van der Waals surface area contributed by atoms with Gasteiger partial charge in [-0.3, -0.25) is 0 Å². The third-order valence-corrected chi connectivity index (χ3v) is 3.00. The van der Waals surface area contributed by atoms with Crippen molar-refractivity contribution in [3.05, 3.63) is 23.8 Å². The molecule has 0 fully saturated rings. The van der Waals surface area contributed by atoms with Crippen molar-refractivity contribution < 1.29 is 23.4 Å². The molecule has 1 atom stereocenters. The van der Waals surface area contributed by atoms with Crippen molar-refractivity contribution >= 4 is 11.7 Å². The molecule has 124 valence electrons. The van der Waals surface area contributed by atoms with E-state index in [1.54, 1.807) is 26.0 Å². The van der Waals surface area contributed by atoms with Crippen LogP contribution < -0.4 is 10.1 Å². The van der Waals surface area contributed by atoms with Gasteiger partial charge in [0.25, 0.3) is 0 Å². The number of nitrogens with zero attached hydrogens (tertiary/aromatic N) is 1. The Morgan fingerprint density at radius 2 is 2.00 bits per heavy atom. The van der Waals surface area contributed by atoms with Gasteiger partial charge in [0, 0.05) is 24.3 Å². The Bertz CT molecular complexity index is 508. The Kier molecular flexibility index (Phi) is 6.55. The van der Waals surface area contributed by atoms with Gasteiger partial charge in [-0.05, 0) is 39.3 Å². The molecular weight excluding hydrogens is 294 g/mol. The van der Waals surface area contributed by atoms with Crippen molar-refractivity contribution in [2.75, 3.05) is 11.9 Å². The summed E-state index contributed by atoms with van der Waals surface area (Å²) in [5, 5.41) is 12.1. The van der Waals surface area contributed by atoms with Crippen LogP contribution in [0.25, 0.3) is 0 Å². The van der Waals surface area contributed by atoms with Crippen LogP contribution >= 0.6 is 0 Å². The molecule has 0 aromatic heterocycles. The van der Waals surface area contributed by atoms with Crippen LogP contribution in [0.3, 0.4) is 0 Å². The second-order valence-electron chi connectivity index (χ2n) is 5.38. The first-order valence-corrected chi connectivity index (χ1v) is 7.01. The van der Waals surface area contributed by atoms with Crippen LogP contribution in [0.5, 0.6) is 5.75 Å². The van der Waals surface area contributed by atoms with Gasteiger partial charge in [0.2, 0.25) is 0 Å². The highest BCUT2D eigenvalue weighted by molar-refractivity contribution is 5.89. The zero-order valence-corrected chi connectivity index (χ0v) is 13.1.